The molecule has 1 aromatic carbocycles. The van der Waals surface area contributed by atoms with Gasteiger partial charge in [0.15, 0.2) is 0 Å². The number of hydrogen-bond donors (Lipinski definition) is 1. The Labute approximate surface area is 106 Å². The van der Waals surface area contributed by atoms with E-state index in [1.54, 1.807) is 13.3 Å². The zero-order chi connectivity index (χ0) is 12.5. The summed E-state index contributed by atoms with van der Waals surface area (Å²) in [6, 6.07) is 8.34. The van der Waals surface area contributed by atoms with Gasteiger partial charge in [0.25, 0.3) is 0 Å². The van der Waals surface area contributed by atoms with Gasteiger partial charge in [-0.1, -0.05) is 6.07 Å². The fraction of sp³-hybridized carbons (Fsp3) is 0.357. The Morgan fingerprint density at radius 3 is 3.06 bits per heavy atom. The molecule has 2 aromatic rings. The van der Waals surface area contributed by atoms with Gasteiger partial charge >= 0.3 is 0 Å². The number of fused-ring (bicyclic) bond motifs is 1. The second-order valence-electron chi connectivity index (χ2n) is 4.68. The summed E-state index contributed by atoms with van der Waals surface area (Å²) in [6.45, 7) is 0. The van der Waals surface area contributed by atoms with Crippen molar-refractivity contribution >= 4 is 0 Å². The van der Waals surface area contributed by atoms with E-state index in [2.05, 4.69) is 17.2 Å². The number of rotatable bonds is 2. The molecule has 0 radical (unpaired) electrons. The van der Waals surface area contributed by atoms with Crippen molar-refractivity contribution in [2.24, 2.45) is 5.73 Å². The molecule has 1 aliphatic rings. The summed E-state index contributed by atoms with van der Waals surface area (Å²) in [6.07, 6.45) is 5.82. The summed E-state index contributed by atoms with van der Waals surface area (Å²) < 4.78 is 7.23. The molecule has 4 heteroatoms. The lowest BCUT2D eigenvalue weighted by molar-refractivity contribution is 0.341. The highest BCUT2D eigenvalue weighted by Crippen LogP contribution is 2.36. The number of aromatic nitrogens is 2. The van der Waals surface area contributed by atoms with E-state index in [1.807, 2.05) is 23.0 Å². The first-order chi connectivity index (χ1) is 8.79. The molecule has 18 heavy (non-hydrogen) atoms. The topological polar surface area (TPSA) is 53.1 Å². The number of aryl methyl sites for hydroxylation is 1. The van der Waals surface area contributed by atoms with Gasteiger partial charge in [-0.05, 0) is 42.2 Å². The van der Waals surface area contributed by atoms with Gasteiger partial charge in [-0.25, -0.2) is 0 Å². The van der Waals surface area contributed by atoms with E-state index < -0.39 is 0 Å². The predicted molar refractivity (Wildman–Crippen MR) is 69.5 cm³/mol. The van der Waals surface area contributed by atoms with Crippen LogP contribution in [0.5, 0.6) is 5.75 Å². The van der Waals surface area contributed by atoms with Crippen LogP contribution in [-0.4, -0.2) is 16.9 Å². The monoisotopic (exact) mass is 243 g/mol. The van der Waals surface area contributed by atoms with Crippen LogP contribution in [0.2, 0.25) is 0 Å². The normalized spacial score (nSPS) is 22.6. The van der Waals surface area contributed by atoms with Crippen LogP contribution < -0.4 is 10.5 Å². The largest absolute Gasteiger partial charge is 0.497 e. The van der Waals surface area contributed by atoms with Gasteiger partial charge in [0.1, 0.15) is 5.75 Å². The lowest BCUT2D eigenvalue weighted by atomic mass is 9.84. The molecule has 1 aliphatic carbocycles. The van der Waals surface area contributed by atoms with E-state index >= 15 is 0 Å². The van der Waals surface area contributed by atoms with Gasteiger partial charge in [-0.15, -0.1) is 0 Å². The molecule has 2 unspecified atom stereocenters. The van der Waals surface area contributed by atoms with Crippen LogP contribution in [-0.2, 0) is 6.42 Å². The molecule has 0 aliphatic heterocycles. The van der Waals surface area contributed by atoms with Crippen LogP contribution >= 0.6 is 0 Å². The van der Waals surface area contributed by atoms with Crippen molar-refractivity contribution in [2.75, 3.05) is 7.11 Å². The van der Waals surface area contributed by atoms with E-state index in [-0.39, 0.29) is 12.1 Å². The van der Waals surface area contributed by atoms with Crippen molar-refractivity contribution in [3.8, 4) is 5.75 Å². The third-order valence-corrected chi connectivity index (χ3v) is 3.70. The first-order valence-electron chi connectivity index (χ1n) is 6.21. The summed E-state index contributed by atoms with van der Waals surface area (Å²) in [5.74, 6) is 0.901. The Morgan fingerprint density at radius 2 is 2.33 bits per heavy atom. The number of hydrogen-bond acceptors (Lipinski definition) is 3. The van der Waals surface area contributed by atoms with Crippen LogP contribution in [0.3, 0.4) is 0 Å². The second-order valence-corrected chi connectivity index (χ2v) is 4.68. The molecule has 4 nitrogen and oxygen atoms in total. The minimum atomic E-state index is -0.000411. The van der Waals surface area contributed by atoms with Crippen LogP contribution in [0.15, 0.2) is 36.7 Å². The van der Waals surface area contributed by atoms with Crippen LogP contribution in [0.25, 0.3) is 0 Å². The van der Waals surface area contributed by atoms with Crippen LogP contribution in [0, 0.1) is 0 Å². The van der Waals surface area contributed by atoms with Gasteiger partial charge in [-0.2, -0.15) is 5.10 Å². The van der Waals surface area contributed by atoms with E-state index in [0.29, 0.717) is 0 Å². The molecule has 2 atom stereocenters. The average molecular weight is 243 g/mol. The molecule has 0 amide bonds. The molecule has 0 fully saturated rings. The lowest BCUT2D eigenvalue weighted by Crippen LogP contribution is -2.30. The number of nitrogens with zero attached hydrogens (tertiary/aromatic N) is 2. The molecular weight excluding hydrogens is 226 g/mol. The second kappa shape index (κ2) is 4.46. The van der Waals surface area contributed by atoms with Gasteiger partial charge in [-0.3, -0.25) is 4.68 Å². The molecular formula is C14H17N3O. The third-order valence-electron chi connectivity index (χ3n) is 3.70. The minimum absolute atomic E-state index is 0.000411. The molecule has 0 saturated carbocycles. The third kappa shape index (κ3) is 1.78. The Kier molecular flexibility index (Phi) is 2.80. The van der Waals surface area contributed by atoms with E-state index in [4.69, 9.17) is 10.5 Å². The molecule has 1 aromatic heterocycles. The van der Waals surface area contributed by atoms with Crippen molar-refractivity contribution in [3.05, 3.63) is 47.8 Å². The smallest absolute Gasteiger partial charge is 0.119 e. The maximum absolute atomic E-state index is 6.37. The first kappa shape index (κ1) is 11.3. The summed E-state index contributed by atoms with van der Waals surface area (Å²) >= 11 is 0. The molecule has 94 valence electrons. The summed E-state index contributed by atoms with van der Waals surface area (Å²) in [4.78, 5) is 0. The first-order valence-corrected chi connectivity index (χ1v) is 6.21. The quantitative estimate of drug-likeness (QED) is 0.878. The standard InChI is InChI=1S/C14H17N3O/c1-18-11-4-5-12-10(9-11)3-6-13(14(12)15)17-8-2-7-16-17/h2,4-5,7-9,13-14H,3,6,15H2,1H3. The van der Waals surface area contributed by atoms with Crippen molar-refractivity contribution in [2.45, 2.75) is 24.9 Å². The number of benzene rings is 1. The fourth-order valence-electron chi connectivity index (χ4n) is 2.71. The Balaban J connectivity index is 1.95. The molecule has 0 bridgehead atoms. The molecule has 1 heterocycles. The Morgan fingerprint density at radius 1 is 1.44 bits per heavy atom. The van der Waals surface area contributed by atoms with Crippen molar-refractivity contribution in [1.29, 1.82) is 0 Å². The molecule has 2 N–H and O–H groups in total. The van der Waals surface area contributed by atoms with Crippen molar-refractivity contribution in [3.63, 3.8) is 0 Å². The zero-order valence-electron chi connectivity index (χ0n) is 10.4. The van der Waals surface area contributed by atoms with E-state index in [0.717, 1.165) is 18.6 Å². The van der Waals surface area contributed by atoms with Gasteiger partial charge in [0, 0.05) is 12.4 Å². The van der Waals surface area contributed by atoms with Gasteiger partial charge in [0.05, 0.1) is 19.2 Å². The molecule has 3 rings (SSSR count). The Hall–Kier alpha value is -1.81. The van der Waals surface area contributed by atoms with E-state index in [9.17, 15) is 0 Å². The van der Waals surface area contributed by atoms with Crippen LogP contribution in [0.1, 0.15) is 29.6 Å². The maximum atomic E-state index is 6.37. The van der Waals surface area contributed by atoms with Crippen molar-refractivity contribution in [1.82, 2.24) is 9.78 Å². The molecule has 0 spiro atoms. The van der Waals surface area contributed by atoms with Gasteiger partial charge < -0.3 is 10.5 Å². The molecule has 0 saturated heterocycles. The number of nitrogens with two attached hydrogens (primary N) is 1. The summed E-state index contributed by atoms with van der Waals surface area (Å²) in [5, 5.41) is 4.31. The van der Waals surface area contributed by atoms with Crippen molar-refractivity contribution < 1.29 is 4.74 Å². The van der Waals surface area contributed by atoms with Crippen LogP contribution in [0.4, 0.5) is 0 Å². The highest BCUT2D eigenvalue weighted by atomic mass is 16.5. The van der Waals surface area contributed by atoms with Gasteiger partial charge in [0.2, 0.25) is 0 Å². The minimum Gasteiger partial charge on any atom is -0.497 e. The zero-order valence-corrected chi connectivity index (χ0v) is 10.4. The van der Waals surface area contributed by atoms with E-state index in [1.165, 1.54) is 11.1 Å². The SMILES string of the molecule is COc1ccc2c(c1)CCC(n1cccn1)C2N. The summed E-state index contributed by atoms with van der Waals surface area (Å²) in [5.41, 5.74) is 8.88. The Bertz CT molecular complexity index is 536. The lowest BCUT2D eigenvalue weighted by Gasteiger charge is -2.31. The summed E-state index contributed by atoms with van der Waals surface area (Å²) in [7, 11) is 1.69. The maximum Gasteiger partial charge on any atom is 0.119 e. The number of methoxy groups -OCH3 is 1. The number of ether oxygens (including phenoxy) is 1. The fourth-order valence-corrected chi connectivity index (χ4v) is 2.71. The average Bonchev–Trinajstić information content (AvgIpc) is 2.92. The highest BCUT2D eigenvalue weighted by molar-refractivity contribution is 5.39. The highest BCUT2D eigenvalue weighted by Gasteiger charge is 2.28. The predicted octanol–water partition coefficient (Wildman–Crippen LogP) is 2.08.